The molecule has 0 heterocycles. The number of phenols is 1. The number of primary amides is 1. The van der Waals surface area contributed by atoms with Gasteiger partial charge in [-0.05, 0) is 129 Å². The van der Waals surface area contributed by atoms with Crippen molar-refractivity contribution in [3.05, 3.63) is 120 Å². The highest BCUT2D eigenvalue weighted by molar-refractivity contribution is 5.88. The van der Waals surface area contributed by atoms with Gasteiger partial charge >= 0.3 is 5.97 Å². The van der Waals surface area contributed by atoms with E-state index in [-0.39, 0.29) is 35.6 Å². The number of ether oxygens (including phenoxy) is 1. The molecule has 5 rings (SSSR count). The Morgan fingerprint density at radius 2 is 1.31 bits per heavy atom. The number of nitriles is 1. The molecule has 0 unspecified atom stereocenters. The molecule has 0 aromatic heterocycles. The van der Waals surface area contributed by atoms with Crippen molar-refractivity contribution in [3.63, 3.8) is 0 Å². The molecule has 5 aromatic rings. The second-order valence-electron chi connectivity index (χ2n) is 12.5. The zero-order valence-electron chi connectivity index (χ0n) is 29.0. The number of aromatic carboxylic acids is 1. The van der Waals surface area contributed by atoms with Crippen molar-refractivity contribution >= 4 is 57.4 Å². The van der Waals surface area contributed by atoms with Gasteiger partial charge in [-0.1, -0.05) is 0 Å². The van der Waals surface area contributed by atoms with Gasteiger partial charge in [-0.25, -0.2) is 4.79 Å². The van der Waals surface area contributed by atoms with Crippen molar-refractivity contribution in [2.75, 3.05) is 33.1 Å². The van der Waals surface area contributed by atoms with E-state index >= 15 is 0 Å². The van der Waals surface area contributed by atoms with Gasteiger partial charge < -0.3 is 47.3 Å². The van der Waals surface area contributed by atoms with Gasteiger partial charge in [-0.2, -0.15) is 5.26 Å². The smallest absolute Gasteiger partial charge is 0.335 e. The Kier molecular flexibility index (Phi) is 11.7. The van der Waals surface area contributed by atoms with E-state index in [4.69, 9.17) is 15.6 Å². The molecule has 266 valence electrons. The number of phenolic OH excluding ortho intramolecular Hbond substituents is 1. The number of aryl methyl sites for hydroxylation is 1. The molecule has 0 fully saturated rings. The van der Waals surface area contributed by atoms with Crippen LogP contribution in [0, 0.1) is 18.3 Å². The Balaban J connectivity index is 1.21. The van der Waals surface area contributed by atoms with Crippen LogP contribution >= 0.6 is 0 Å². The van der Waals surface area contributed by atoms with Crippen LogP contribution in [0.25, 0.3) is 0 Å². The maximum atomic E-state index is 11.9. The van der Waals surface area contributed by atoms with Crippen LogP contribution in [0.4, 0.5) is 45.5 Å². The molecule has 12 nitrogen and oxygen atoms in total. The predicted molar refractivity (Wildman–Crippen MR) is 206 cm³/mol. The largest absolute Gasteiger partial charge is 0.503 e. The average Bonchev–Trinajstić information content (AvgIpc) is 3.11. The summed E-state index contributed by atoms with van der Waals surface area (Å²) in [6, 6.07) is 32.4. The third-order valence-electron chi connectivity index (χ3n) is 7.95. The monoisotopic (exact) mass is 699 g/mol. The van der Waals surface area contributed by atoms with Crippen molar-refractivity contribution < 1.29 is 24.5 Å². The molecule has 0 bridgehead atoms. The van der Waals surface area contributed by atoms with Gasteiger partial charge in [0, 0.05) is 47.1 Å². The van der Waals surface area contributed by atoms with Gasteiger partial charge in [0.05, 0.1) is 40.7 Å². The standard InChI is InChI=1S/C40H41N7O5/c1-24(2)52-39-36(19-18-35(38(39)49)46-31-7-4-26(5-8-31)40(50)51)47-32-12-10-28(11-13-32)43-23-34(21-37(42)48)45-30-16-14-29(15-17-30)44-33-9-6-27(22-41)25(3)20-33/h4-20,24,34,43-47,49H,21,23H2,1-3H3,(H2,42,48)(H,50,51)/t34-/m0/s1. The van der Waals surface area contributed by atoms with Crippen LogP contribution in [0.1, 0.15) is 41.8 Å². The van der Waals surface area contributed by atoms with E-state index < -0.39 is 11.9 Å². The van der Waals surface area contributed by atoms with E-state index in [2.05, 4.69) is 32.7 Å². The van der Waals surface area contributed by atoms with E-state index in [0.29, 0.717) is 29.2 Å². The van der Waals surface area contributed by atoms with Crippen molar-refractivity contribution in [1.29, 1.82) is 5.26 Å². The van der Waals surface area contributed by atoms with Crippen molar-refractivity contribution in [3.8, 4) is 17.6 Å². The molecule has 1 amide bonds. The number of nitrogens with zero attached hydrogens (tertiary/aromatic N) is 1. The van der Waals surface area contributed by atoms with Gasteiger partial charge in [0.15, 0.2) is 11.5 Å². The van der Waals surface area contributed by atoms with Gasteiger partial charge in [0.2, 0.25) is 5.91 Å². The maximum Gasteiger partial charge on any atom is 0.335 e. The molecule has 9 N–H and O–H groups in total. The zero-order chi connectivity index (χ0) is 37.2. The summed E-state index contributed by atoms with van der Waals surface area (Å²) in [6.45, 7) is 6.05. The summed E-state index contributed by atoms with van der Waals surface area (Å²) < 4.78 is 5.99. The minimum absolute atomic E-state index is 0.0976. The maximum absolute atomic E-state index is 11.9. The topological polar surface area (TPSA) is 194 Å². The highest BCUT2D eigenvalue weighted by atomic mass is 16.5. The molecule has 0 saturated carbocycles. The van der Waals surface area contributed by atoms with Crippen LogP contribution in [0.2, 0.25) is 0 Å². The lowest BCUT2D eigenvalue weighted by atomic mass is 10.1. The first-order chi connectivity index (χ1) is 25.0. The van der Waals surface area contributed by atoms with Crippen LogP contribution in [-0.2, 0) is 4.79 Å². The highest BCUT2D eigenvalue weighted by Crippen LogP contribution is 2.43. The van der Waals surface area contributed by atoms with Crippen LogP contribution in [0.15, 0.2) is 103 Å². The number of hydrogen-bond acceptors (Lipinski definition) is 10. The molecule has 0 aliphatic carbocycles. The number of nitrogens with one attached hydrogen (secondary N) is 5. The first-order valence-corrected chi connectivity index (χ1v) is 16.6. The summed E-state index contributed by atoms with van der Waals surface area (Å²) in [5.41, 5.74) is 13.0. The third-order valence-corrected chi connectivity index (χ3v) is 7.95. The second kappa shape index (κ2) is 16.7. The molecule has 0 aliphatic heterocycles. The fraction of sp³-hybridized carbons (Fsp3) is 0.175. The van der Waals surface area contributed by atoms with Crippen LogP contribution < -0.4 is 37.1 Å². The number of benzene rings is 5. The molecule has 5 aromatic carbocycles. The van der Waals surface area contributed by atoms with Gasteiger partial charge in [-0.3, -0.25) is 4.79 Å². The summed E-state index contributed by atoms with van der Waals surface area (Å²) in [6.07, 6.45) is -0.101. The molecular formula is C40H41N7O5. The average molecular weight is 700 g/mol. The van der Waals surface area contributed by atoms with Crippen LogP contribution in [0.5, 0.6) is 11.5 Å². The minimum Gasteiger partial charge on any atom is -0.503 e. The van der Waals surface area contributed by atoms with Gasteiger partial charge in [0.1, 0.15) is 0 Å². The Morgan fingerprint density at radius 1 is 0.769 bits per heavy atom. The first-order valence-electron chi connectivity index (χ1n) is 16.6. The summed E-state index contributed by atoms with van der Waals surface area (Å²) in [4.78, 5) is 23.1. The lowest BCUT2D eigenvalue weighted by molar-refractivity contribution is -0.118. The summed E-state index contributed by atoms with van der Waals surface area (Å²) in [5, 5.41) is 46.0. The summed E-state index contributed by atoms with van der Waals surface area (Å²) in [7, 11) is 0. The SMILES string of the molecule is Cc1cc(Nc2ccc(N[C@H](CNc3ccc(Nc4ccc(Nc5ccc(C(=O)O)cc5)c(O)c4OC(C)C)cc3)CC(N)=O)cc2)ccc1C#N. The van der Waals surface area contributed by atoms with E-state index in [0.717, 1.165) is 34.0 Å². The number of nitrogens with two attached hydrogens (primary N) is 1. The molecule has 0 aliphatic rings. The predicted octanol–water partition coefficient (Wildman–Crippen LogP) is 8.06. The molecule has 0 spiro atoms. The first kappa shape index (κ1) is 36.4. The lowest BCUT2D eigenvalue weighted by Gasteiger charge is -2.21. The number of carbonyl (C=O) groups is 2. The van der Waals surface area contributed by atoms with Crippen molar-refractivity contribution in [2.24, 2.45) is 5.73 Å². The molecule has 52 heavy (non-hydrogen) atoms. The van der Waals surface area contributed by atoms with E-state index in [1.807, 2.05) is 81.4 Å². The minimum atomic E-state index is -1.02. The van der Waals surface area contributed by atoms with Crippen molar-refractivity contribution in [2.45, 2.75) is 39.3 Å². The Labute approximate surface area is 302 Å². The summed E-state index contributed by atoms with van der Waals surface area (Å²) >= 11 is 0. The second-order valence-corrected chi connectivity index (χ2v) is 12.5. The number of carboxylic acids is 1. The van der Waals surface area contributed by atoms with E-state index in [9.17, 15) is 20.0 Å². The number of carbonyl (C=O) groups excluding carboxylic acids is 1. The number of aromatic hydroxyl groups is 1. The molecule has 0 radical (unpaired) electrons. The van der Waals surface area contributed by atoms with Crippen LogP contribution in [0.3, 0.4) is 0 Å². The number of rotatable bonds is 16. The van der Waals surface area contributed by atoms with E-state index in [1.54, 1.807) is 30.3 Å². The molecule has 12 heteroatoms. The number of hydrogen-bond donors (Lipinski definition) is 8. The summed E-state index contributed by atoms with van der Waals surface area (Å²) in [5.74, 6) is -1.28. The Hall–Kier alpha value is -6.87. The highest BCUT2D eigenvalue weighted by Gasteiger charge is 2.17. The molecule has 0 saturated heterocycles. The number of anilines is 8. The zero-order valence-corrected chi connectivity index (χ0v) is 29.0. The molecular weight excluding hydrogens is 658 g/mol. The fourth-order valence-corrected chi connectivity index (χ4v) is 5.38. The fourth-order valence-electron chi connectivity index (χ4n) is 5.38. The van der Waals surface area contributed by atoms with Gasteiger partial charge in [-0.15, -0.1) is 0 Å². The van der Waals surface area contributed by atoms with Crippen molar-refractivity contribution in [1.82, 2.24) is 0 Å². The van der Waals surface area contributed by atoms with Gasteiger partial charge in [0.25, 0.3) is 0 Å². The lowest BCUT2D eigenvalue weighted by Crippen LogP contribution is -2.33. The number of amides is 1. The third kappa shape index (κ3) is 9.86. The Morgan fingerprint density at radius 3 is 1.88 bits per heavy atom. The quantitative estimate of drug-likeness (QED) is 0.0464. The Bertz CT molecular complexity index is 2060. The van der Waals surface area contributed by atoms with Crippen LogP contribution in [-0.4, -0.2) is 40.8 Å². The molecule has 1 atom stereocenters. The number of carboxylic acid groups (broad SMARTS) is 1. The van der Waals surface area contributed by atoms with E-state index in [1.165, 1.54) is 12.1 Å². The normalized spacial score (nSPS) is 11.2.